The number of amides is 4. The number of nitrogens with one attached hydrogen (secondary N) is 2. The molecule has 11 heteroatoms. The van der Waals surface area contributed by atoms with Crippen LogP contribution in [0.3, 0.4) is 0 Å². The molecule has 0 unspecified atom stereocenters. The van der Waals surface area contributed by atoms with Crippen LogP contribution in [0.15, 0.2) is 48.5 Å². The van der Waals surface area contributed by atoms with Crippen LogP contribution in [-0.4, -0.2) is 93.0 Å². The van der Waals surface area contributed by atoms with Gasteiger partial charge in [0.25, 0.3) is 5.91 Å². The molecule has 0 saturated heterocycles. The second-order valence-corrected chi connectivity index (χ2v) is 10.4. The summed E-state index contributed by atoms with van der Waals surface area (Å²) in [6, 6.07) is 11.7. The molecular weight excluding hydrogens is 528 g/mol. The minimum Gasteiger partial charge on any atom is -0.497 e. The van der Waals surface area contributed by atoms with E-state index in [9.17, 15) is 19.2 Å². The number of likely N-dealkylation sites (N-methyl/N-ethyl adjacent to an activating group) is 2. The minimum absolute atomic E-state index is 0.133. The lowest BCUT2D eigenvalue weighted by Gasteiger charge is -2.28. The Morgan fingerprint density at radius 2 is 1.76 bits per heavy atom. The number of carbonyl (C=O) groups is 4. The standard InChI is InChI=1S/C30H40N4O7/c1-20(2)18-24-29(37)34(4)15-17-41-26-9-7-6-8-23(26)28(36)32-25(19-27(35)31-24)30(38)33(3)14-16-40-22-12-10-21(39-5)11-13-22/h6-13,20,24-25H,14-19H2,1-5H3,(H,31,35)(H,32,36)/t24-,25+/m1/s1. The number of hydrogen-bond acceptors (Lipinski definition) is 7. The quantitative estimate of drug-likeness (QED) is 0.500. The molecule has 3 rings (SSSR count). The molecule has 2 atom stereocenters. The summed E-state index contributed by atoms with van der Waals surface area (Å²) < 4.78 is 16.7. The van der Waals surface area contributed by atoms with Gasteiger partial charge in [-0.25, -0.2) is 0 Å². The monoisotopic (exact) mass is 568 g/mol. The van der Waals surface area contributed by atoms with Gasteiger partial charge in [-0.15, -0.1) is 0 Å². The van der Waals surface area contributed by atoms with Gasteiger partial charge in [0, 0.05) is 14.1 Å². The molecule has 2 N–H and O–H groups in total. The van der Waals surface area contributed by atoms with Crippen LogP contribution in [0.2, 0.25) is 0 Å². The van der Waals surface area contributed by atoms with Gasteiger partial charge in [0.1, 0.15) is 42.5 Å². The summed E-state index contributed by atoms with van der Waals surface area (Å²) in [7, 11) is 4.80. The van der Waals surface area contributed by atoms with Gasteiger partial charge in [-0.3, -0.25) is 19.2 Å². The highest BCUT2D eigenvalue weighted by atomic mass is 16.5. The second kappa shape index (κ2) is 14.9. The van der Waals surface area contributed by atoms with E-state index in [1.54, 1.807) is 69.7 Å². The molecule has 1 aliphatic rings. The minimum atomic E-state index is -1.18. The van der Waals surface area contributed by atoms with Crippen molar-refractivity contribution >= 4 is 23.6 Å². The SMILES string of the molecule is COc1ccc(OCCN(C)C(=O)[C@@H]2CC(=O)N[C@H](CC(C)C)C(=O)N(C)CCOc3ccccc3C(=O)N2)cc1. The van der Waals surface area contributed by atoms with Gasteiger partial charge in [0.15, 0.2) is 0 Å². The van der Waals surface area contributed by atoms with Crippen LogP contribution < -0.4 is 24.8 Å². The van der Waals surface area contributed by atoms with Crippen LogP contribution in [0.5, 0.6) is 17.2 Å². The van der Waals surface area contributed by atoms with Crippen LogP contribution in [-0.2, 0) is 14.4 Å². The van der Waals surface area contributed by atoms with Gasteiger partial charge in [-0.05, 0) is 48.7 Å². The van der Waals surface area contributed by atoms with Crippen LogP contribution in [0.1, 0.15) is 37.0 Å². The summed E-state index contributed by atoms with van der Waals surface area (Å²) in [6.07, 6.45) is 0.0784. The number of rotatable bonds is 8. The fourth-order valence-corrected chi connectivity index (χ4v) is 4.37. The normalized spacial score (nSPS) is 18.4. The highest BCUT2D eigenvalue weighted by molar-refractivity contribution is 6.01. The van der Waals surface area contributed by atoms with Crippen molar-refractivity contribution in [3.8, 4) is 17.2 Å². The summed E-state index contributed by atoms with van der Waals surface area (Å²) in [6.45, 7) is 4.73. The smallest absolute Gasteiger partial charge is 0.255 e. The van der Waals surface area contributed by atoms with Gasteiger partial charge in [0.2, 0.25) is 17.7 Å². The average Bonchev–Trinajstić information content (AvgIpc) is 2.95. The van der Waals surface area contributed by atoms with Gasteiger partial charge >= 0.3 is 0 Å². The fraction of sp³-hybridized carbons (Fsp3) is 0.467. The van der Waals surface area contributed by atoms with E-state index in [-0.39, 0.29) is 50.1 Å². The highest BCUT2D eigenvalue weighted by Gasteiger charge is 2.31. The number of fused-ring (bicyclic) bond motifs is 1. The summed E-state index contributed by atoms with van der Waals surface area (Å²) in [5.74, 6) is -0.0207. The Balaban J connectivity index is 1.79. The molecule has 0 aromatic heterocycles. The van der Waals surface area contributed by atoms with E-state index in [2.05, 4.69) is 10.6 Å². The Morgan fingerprint density at radius 3 is 2.44 bits per heavy atom. The second-order valence-electron chi connectivity index (χ2n) is 10.4. The first kappa shape index (κ1) is 31.3. The van der Waals surface area contributed by atoms with Gasteiger partial charge in [-0.1, -0.05) is 26.0 Å². The van der Waals surface area contributed by atoms with Crippen LogP contribution in [0, 0.1) is 5.92 Å². The van der Waals surface area contributed by atoms with Crippen molar-refractivity contribution in [1.82, 2.24) is 20.4 Å². The third kappa shape index (κ3) is 9.12. The van der Waals surface area contributed by atoms with Gasteiger partial charge in [0.05, 0.1) is 32.2 Å². The molecule has 0 saturated carbocycles. The maximum atomic E-state index is 13.5. The largest absolute Gasteiger partial charge is 0.497 e. The molecule has 2 aromatic carbocycles. The molecule has 41 heavy (non-hydrogen) atoms. The molecule has 2 aromatic rings. The highest BCUT2D eigenvalue weighted by Crippen LogP contribution is 2.20. The number of ether oxygens (including phenoxy) is 3. The first-order valence-electron chi connectivity index (χ1n) is 13.7. The third-order valence-corrected chi connectivity index (χ3v) is 6.66. The molecule has 0 radical (unpaired) electrons. The summed E-state index contributed by atoms with van der Waals surface area (Å²) >= 11 is 0. The average molecular weight is 569 g/mol. The Morgan fingerprint density at radius 1 is 1.07 bits per heavy atom. The van der Waals surface area contributed by atoms with Crippen molar-refractivity contribution in [2.24, 2.45) is 5.92 Å². The van der Waals surface area contributed by atoms with E-state index in [1.165, 1.54) is 9.80 Å². The van der Waals surface area contributed by atoms with E-state index in [0.717, 1.165) is 0 Å². The Kier molecular flexibility index (Phi) is 11.4. The fourth-order valence-electron chi connectivity index (χ4n) is 4.37. The van der Waals surface area contributed by atoms with Crippen molar-refractivity contribution in [3.63, 3.8) is 0 Å². The number of carbonyl (C=O) groups excluding carboxylic acids is 4. The Bertz CT molecular complexity index is 1200. The number of nitrogens with zero attached hydrogens (tertiary/aromatic N) is 2. The topological polar surface area (TPSA) is 127 Å². The molecule has 0 fully saturated rings. The van der Waals surface area contributed by atoms with Crippen LogP contribution in [0.4, 0.5) is 0 Å². The molecule has 0 aliphatic carbocycles. The molecule has 0 bridgehead atoms. The zero-order valence-corrected chi connectivity index (χ0v) is 24.3. The van der Waals surface area contributed by atoms with Crippen molar-refractivity contribution in [1.29, 1.82) is 0 Å². The van der Waals surface area contributed by atoms with Crippen molar-refractivity contribution in [2.75, 3.05) is 47.5 Å². The summed E-state index contributed by atoms with van der Waals surface area (Å²) in [5.41, 5.74) is 0.222. The molecule has 4 amide bonds. The van der Waals surface area contributed by atoms with Crippen LogP contribution in [0.25, 0.3) is 0 Å². The van der Waals surface area contributed by atoms with Crippen molar-refractivity contribution in [2.45, 2.75) is 38.8 Å². The summed E-state index contributed by atoms with van der Waals surface area (Å²) in [4.78, 5) is 56.1. The maximum absolute atomic E-state index is 13.5. The first-order valence-corrected chi connectivity index (χ1v) is 13.7. The zero-order chi connectivity index (χ0) is 29.9. The lowest BCUT2D eigenvalue weighted by atomic mass is 10.0. The molecule has 1 aliphatic heterocycles. The number of benzene rings is 2. The molecular formula is C30H40N4O7. The molecule has 0 spiro atoms. The zero-order valence-electron chi connectivity index (χ0n) is 24.3. The molecule has 1 heterocycles. The van der Waals surface area contributed by atoms with Gasteiger partial charge in [-0.2, -0.15) is 0 Å². The third-order valence-electron chi connectivity index (χ3n) is 6.66. The van der Waals surface area contributed by atoms with Crippen molar-refractivity contribution in [3.05, 3.63) is 54.1 Å². The lowest BCUT2D eigenvalue weighted by Crippen LogP contribution is -2.53. The first-order chi connectivity index (χ1) is 19.6. The van der Waals surface area contributed by atoms with E-state index in [0.29, 0.717) is 23.7 Å². The van der Waals surface area contributed by atoms with Gasteiger partial charge < -0.3 is 34.6 Å². The number of methoxy groups -OCH3 is 1. The maximum Gasteiger partial charge on any atom is 0.255 e. The number of para-hydroxylation sites is 1. The lowest BCUT2D eigenvalue weighted by molar-refractivity contribution is -0.137. The number of hydrogen-bond donors (Lipinski definition) is 2. The predicted molar refractivity (Wildman–Crippen MR) is 153 cm³/mol. The van der Waals surface area contributed by atoms with E-state index >= 15 is 0 Å². The molecule has 11 nitrogen and oxygen atoms in total. The molecule has 222 valence electrons. The summed E-state index contributed by atoms with van der Waals surface area (Å²) in [5, 5.41) is 5.50. The van der Waals surface area contributed by atoms with Crippen LogP contribution >= 0.6 is 0 Å². The Hall–Kier alpha value is -4.28. The van der Waals surface area contributed by atoms with Crippen molar-refractivity contribution < 1.29 is 33.4 Å². The van der Waals surface area contributed by atoms with E-state index in [1.807, 2.05) is 13.8 Å². The van der Waals surface area contributed by atoms with E-state index in [4.69, 9.17) is 14.2 Å². The van der Waals surface area contributed by atoms with E-state index < -0.39 is 29.8 Å². The Labute approximate surface area is 241 Å². The predicted octanol–water partition coefficient (Wildman–Crippen LogP) is 2.10.